The van der Waals surface area contributed by atoms with Gasteiger partial charge in [0, 0.05) is 33.4 Å². The molecule has 0 aliphatic rings. The molecular formula is C17H30IN3O2. The van der Waals surface area contributed by atoms with Crippen LogP contribution >= 0.6 is 24.0 Å². The number of aryl methyl sites for hydroxylation is 1. The summed E-state index contributed by atoms with van der Waals surface area (Å²) in [4.78, 5) is 4.21. The molecular weight excluding hydrogens is 405 g/mol. The second-order valence-electron chi connectivity index (χ2n) is 4.93. The predicted molar refractivity (Wildman–Crippen MR) is 107 cm³/mol. The maximum Gasteiger partial charge on any atom is 0.190 e. The van der Waals surface area contributed by atoms with Crippen molar-refractivity contribution in [2.45, 2.75) is 26.2 Å². The van der Waals surface area contributed by atoms with Gasteiger partial charge in [-0.1, -0.05) is 12.1 Å². The first-order valence-corrected chi connectivity index (χ1v) is 7.95. The zero-order valence-corrected chi connectivity index (χ0v) is 16.8. The summed E-state index contributed by atoms with van der Waals surface area (Å²) in [6, 6.07) is 8.22. The Morgan fingerprint density at radius 2 is 1.74 bits per heavy atom. The number of guanidine groups is 1. The highest BCUT2D eigenvalue weighted by molar-refractivity contribution is 14.0. The molecule has 0 aliphatic heterocycles. The predicted octanol–water partition coefficient (Wildman–Crippen LogP) is 2.84. The van der Waals surface area contributed by atoms with E-state index < -0.39 is 0 Å². The Balaban J connectivity index is 0.00000484. The van der Waals surface area contributed by atoms with Crippen LogP contribution in [0.15, 0.2) is 29.3 Å². The van der Waals surface area contributed by atoms with Crippen LogP contribution in [0.2, 0.25) is 0 Å². The van der Waals surface area contributed by atoms with Crippen molar-refractivity contribution in [2.24, 2.45) is 4.99 Å². The SMILES string of the molecule is CCOCCCNC(=NC)NCCCc1ccc(OC)cc1.I. The Labute approximate surface area is 157 Å². The van der Waals surface area contributed by atoms with Crippen molar-refractivity contribution in [3.05, 3.63) is 29.8 Å². The Morgan fingerprint density at radius 3 is 2.30 bits per heavy atom. The molecule has 1 aromatic carbocycles. The Kier molecular flexibility index (Phi) is 13.9. The first-order valence-electron chi connectivity index (χ1n) is 7.95. The van der Waals surface area contributed by atoms with Crippen molar-refractivity contribution in [1.82, 2.24) is 10.6 Å². The second kappa shape index (κ2) is 14.6. The van der Waals surface area contributed by atoms with Crippen LogP contribution in [0.4, 0.5) is 0 Å². The fourth-order valence-electron chi connectivity index (χ4n) is 2.04. The number of hydrogen-bond donors (Lipinski definition) is 2. The third-order valence-corrected chi connectivity index (χ3v) is 3.28. The zero-order chi connectivity index (χ0) is 16.0. The summed E-state index contributed by atoms with van der Waals surface area (Å²) >= 11 is 0. The molecule has 0 unspecified atom stereocenters. The Morgan fingerprint density at radius 1 is 1.09 bits per heavy atom. The summed E-state index contributed by atoms with van der Waals surface area (Å²) in [6.45, 7) is 5.35. The minimum atomic E-state index is 0. The van der Waals surface area contributed by atoms with E-state index in [-0.39, 0.29) is 24.0 Å². The first kappa shape index (κ1) is 22.0. The quantitative estimate of drug-likeness (QED) is 0.257. The summed E-state index contributed by atoms with van der Waals surface area (Å²) in [5.41, 5.74) is 1.32. The maximum atomic E-state index is 5.30. The van der Waals surface area contributed by atoms with Crippen LogP contribution in [0.25, 0.3) is 0 Å². The van der Waals surface area contributed by atoms with Gasteiger partial charge < -0.3 is 20.1 Å². The maximum absolute atomic E-state index is 5.30. The summed E-state index contributed by atoms with van der Waals surface area (Å²) in [5.74, 6) is 1.75. The monoisotopic (exact) mass is 435 g/mol. The molecule has 0 aromatic heterocycles. The molecule has 0 saturated heterocycles. The molecule has 23 heavy (non-hydrogen) atoms. The van der Waals surface area contributed by atoms with E-state index in [1.165, 1.54) is 5.56 Å². The molecule has 0 heterocycles. The van der Waals surface area contributed by atoms with Gasteiger partial charge in [0.15, 0.2) is 5.96 Å². The topological polar surface area (TPSA) is 54.9 Å². The van der Waals surface area contributed by atoms with E-state index >= 15 is 0 Å². The van der Waals surface area contributed by atoms with E-state index in [1.54, 1.807) is 14.2 Å². The average molecular weight is 435 g/mol. The van der Waals surface area contributed by atoms with Crippen LogP contribution in [-0.2, 0) is 11.2 Å². The van der Waals surface area contributed by atoms with E-state index in [0.717, 1.165) is 57.3 Å². The van der Waals surface area contributed by atoms with Gasteiger partial charge in [0.05, 0.1) is 7.11 Å². The van der Waals surface area contributed by atoms with Crippen LogP contribution in [-0.4, -0.2) is 46.4 Å². The average Bonchev–Trinajstić information content (AvgIpc) is 2.57. The van der Waals surface area contributed by atoms with Crippen LogP contribution in [0, 0.1) is 0 Å². The van der Waals surface area contributed by atoms with E-state index in [9.17, 15) is 0 Å². The summed E-state index contributed by atoms with van der Waals surface area (Å²) < 4.78 is 10.5. The molecule has 0 saturated carbocycles. The molecule has 0 atom stereocenters. The number of hydrogen-bond acceptors (Lipinski definition) is 3. The number of aliphatic imine (C=N–C) groups is 1. The van der Waals surface area contributed by atoms with Gasteiger partial charge in [0.1, 0.15) is 5.75 Å². The Bertz CT molecular complexity index is 424. The minimum absolute atomic E-state index is 0. The second-order valence-corrected chi connectivity index (χ2v) is 4.93. The van der Waals surface area contributed by atoms with Gasteiger partial charge in [-0.05, 0) is 43.9 Å². The Hall–Kier alpha value is -1.02. The van der Waals surface area contributed by atoms with Crippen molar-refractivity contribution in [1.29, 1.82) is 0 Å². The molecule has 0 radical (unpaired) electrons. The van der Waals surface area contributed by atoms with Crippen molar-refractivity contribution in [3.8, 4) is 5.75 Å². The van der Waals surface area contributed by atoms with Crippen LogP contribution in [0.1, 0.15) is 25.3 Å². The highest BCUT2D eigenvalue weighted by Crippen LogP contribution is 2.12. The van der Waals surface area contributed by atoms with Crippen molar-refractivity contribution >= 4 is 29.9 Å². The van der Waals surface area contributed by atoms with Gasteiger partial charge in [0.25, 0.3) is 0 Å². The number of nitrogens with zero attached hydrogens (tertiary/aromatic N) is 1. The van der Waals surface area contributed by atoms with Gasteiger partial charge >= 0.3 is 0 Å². The molecule has 0 amide bonds. The highest BCUT2D eigenvalue weighted by Gasteiger charge is 1.98. The number of rotatable bonds is 10. The lowest BCUT2D eigenvalue weighted by molar-refractivity contribution is 0.145. The summed E-state index contributed by atoms with van der Waals surface area (Å²) in [6.07, 6.45) is 3.09. The molecule has 2 N–H and O–H groups in total. The molecule has 0 bridgehead atoms. The third kappa shape index (κ3) is 10.4. The molecule has 5 nitrogen and oxygen atoms in total. The van der Waals surface area contributed by atoms with E-state index in [2.05, 4.69) is 27.8 Å². The van der Waals surface area contributed by atoms with Crippen LogP contribution in [0.5, 0.6) is 5.75 Å². The van der Waals surface area contributed by atoms with E-state index in [1.807, 2.05) is 19.1 Å². The fourth-order valence-corrected chi connectivity index (χ4v) is 2.04. The van der Waals surface area contributed by atoms with Gasteiger partial charge in [-0.3, -0.25) is 4.99 Å². The number of nitrogens with one attached hydrogen (secondary N) is 2. The van der Waals surface area contributed by atoms with E-state index in [4.69, 9.17) is 9.47 Å². The van der Waals surface area contributed by atoms with Gasteiger partial charge in [-0.15, -0.1) is 24.0 Å². The smallest absolute Gasteiger partial charge is 0.190 e. The zero-order valence-electron chi connectivity index (χ0n) is 14.4. The summed E-state index contributed by atoms with van der Waals surface area (Å²) in [7, 11) is 3.48. The van der Waals surface area contributed by atoms with Gasteiger partial charge in [-0.2, -0.15) is 0 Å². The lowest BCUT2D eigenvalue weighted by Crippen LogP contribution is -2.38. The molecule has 0 spiro atoms. The largest absolute Gasteiger partial charge is 0.497 e. The number of methoxy groups -OCH3 is 1. The normalized spacial score (nSPS) is 10.8. The fraction of sp³-hybridized carbons (Fsp3) is 0.588. The molecule has 0 fully saturated rings. The number of halogens is 1. The van der Waals surface area contributed by atoms with Crippen molar-refractivity contribution in [3.63, 3.8) is 0 Å². The van der Waals surface area contributed by atoms with Crippen LogP contribution < -0.4 is 15.4 Å². The van der Waals surface area contributed by atoms with E-state index in [0.29, 0.717) is 0 Å². The third-order valence-electron chi connectivity index (χ3n) is 3.28. The standard InChI is InChI=1S/C17H29N3O2.HI/c1-4-22-14-6-13-20-17(18-2)19-12-5-7-15-8-10-16(21-3)11-9-15;/h8-11H,4-7,12-14H2,1-3H3,(H2,18,19,20);1H. The molecule has 132 valence electrons. The number of benzene rings is 1. The molecule has 0 aliphatic carbocycles. The van der Waals surface area contributed by atoms with Gasteiger partial charge in [-0.25, -0.2) is 0 Å². The van der Waals surface area contributed by atoms with Crippen molar-refractivity contribution < 1.29 is 9.47 Å². The first-order chi connectivity index (χ1) is 10.8. The molecule has 1 aromatic rings. The number of ether oxygens (including phenoxy) is 2. The highest BCUT2D eigenvalue weighted by atomic mass is 127. The lowest BCUT2D eigenvalue weighted by atomic mass is 10.1. The van der Waals surface area contributed by atoms with Crippen LogP contribution in [0.3, 0.4) is 0 Å². The lowest BCUT2D eigenvalue weighted by Gasteiger charge is -2.12. The minimum Gasteiger partial charge on any atom is -0.497 e. The van der Waals surface area contributed by atoms with Crippen molar-refractivity contribution in [2.75, 3.05) is 40.5 Å². The molecule has 6 heteroatoms. The van der Waals surface area contributed by atoms with Gasteiger partial charge in [0.2, 0.25) is 0 Å². The summed E-state index contributed by atoms with van der Waals surface area (Å²) in [5, 5.41) is 6.61. The molecule has 1 rings (SSSR count).